The Kier molecular flexibility index (Phi) is 2.94. The summed E-state index contributed by atoms with van der Waals surface area (Å²) >= 11 is 0. The Morgan fingerprint density at radius 3 is 2.14 bits per heavy atom. The standard InChI is InChI=1S/C19H33NO/c1-16(2)6-5-15(21-16)10-20-19-9-14-7-17(3,12-19)11-18(4,8-14)13-19/h14-15,20H,5-13H2,1-4H3. The van der Waals surface area contributed by atoms with E-state index in [0.29, 0.717) is 22.5 Å². The molecular weight excluding hydrogens is 258 g/mol. The highest BCUT2D eigenvalue weighted by molar-refractivity contribution is 5.14. The summed E-state index contributed by atoms with van der Waals surface area (Å²) in [5, 5.41) is 4.03. The summed E-state index contributed by atoms with van der Waals surface area (Å²) in [6.45, 7) is 10.7. The fraction of sp³-hybridized carbons (Fsp3) is 1.00. The van der Waals surface area contributed by atoms with E-state index in [1.165, 1.54) is 51.4 Å². The van der Waals surface area contributed by atoms with Crippen molar-refractivity contribution in [1.29, 1.82) is 0 Å². The lowest BCUT2D eigenvalue weighted by Gasteiger charge is -2.65. The minimum absolute atomic E-state index is 0.103. The van der Waals surface area contributed by atoms with Gasteiger partial charge in [0.15, 0.2) is 0 Å². The maximum Gasteiger partial charge on any atom is 0.0708 e. The molecule has 120 valence electrons. The summed E-state index contributed by atoms with van der Waals surface area (Å²) in [6, 6.07) is 0. The van der Waals surface area contributed by atoms with Crippen LogP contribution in [0.15, 0.2) is 0 Å². The summed E-state index contributed by atoms with van der Waals surface area (Å²) in [4.78, 5) is 0. The molecule has 0 amide bonds. The van der Waals surface area contributed by atoms with Crippen molar-refractivity contribution in [3.05, 3.63) is 0 Å². The summed E-state index contributed by atoms with van der Waals surface area (Å²) in [5.41, 5.74) is 1.75. The van der Waals surface area contributed by atoms with Crippen molar-refractivity contribution in [2.75, 3.05) is 6.54 Å². The lowest BCUT2D eigenvalue weighted by molar-refractivity contribution is -0.121. The van der Waals surface area contributed by atoms with Crippen LogP contribution in [0, 0.1) is 16.7 Å². The molecule has 1 heterocycles. The molecule has 0 aromatic carbocycles. The molecule has 0 aromatic rings. The van der Waals surface area contributed by atoms with E-state index in [9.17, 15) is 0 Å². The molecule has 0 radical (unpaired) electrons. The Morgan fingerprint density at radius 2 is 1.62 bits per heavy atom. The quantitative estimate of drug-likeness (QED) is 0.838. The van der Waals surface area contributed by atoms with Gasteiger partial charge in [0.25, 0.3) is 0 Å². The van der Waals surface area contributed by atoms with Gasteiger partial charge >= 0.3 is 0 Å². The molecule has 0 spiro atoms. The molecule has 4 saturated carbocycles. The monoisotopic (exact) mass is 291 g/mol. The van der Waals surface area contributed by atoms with E-state index in [2.05, 4.69) is 33.0 Å². The van der Waals surface area contributed by atoms with Crippen LogP contribution in [0.25, 0.3) is 0 Å². The third-order valence-electron chi connectivity index (χ3n) is 6.89. The van der Waals surface area contributed by atoms with Crippen LogP contribution >= 0.6 is 0 Å². The molecule has 5 fully saturated rings. The van der Waals surface area contributed by atoms with Crippen LogP contribution in [0.5, 0.6) is 0 Å². The Balaban J connectivity index is 1.45. The highest BCUT2D eigenvalue weighted by Gasteiger charge is 2.59. The molecule has 3 atom stereocenters. The highest BCUT2D eigenvalue weighted by atomic mass is 16.5. The number of hydrogen-bond donors (Lipinski definition) is 1. The van der Waals surface area contributed by atoms with Crippen LogP contribution in [0.1, 0.15) is 79.1 Å². The first-order chi connectivity index (χ1) is 9.69. The molecule has 4 aliphatic carbocycles. The molecule has 21 heavy (non-hydrogen) atoms. The lowest BCUT2D eigenvalue weighted by atomic mass is 9.43. The molecule has 4 bridgehead atoms. The number of ether oxygens (including phenoxy) is 1. The molecule has 0 aromatic heterocycles. The maximum atomic E-state index is 6.20. The molecule has 5 aliphatic rings. The van der Waals surface area contributed by atoms with Crippen LogP contribution in [0.2, 0.25) is 0 Å². The first-order valence-electron chi connectivity index (χ1n) is 9.12. The number of nitrogens with one attached hydrogen (secondary N) is 1. The zero-order valence-corrected chi connectivity index (χ0v) is 14.4. The molecule has 5 rings (SSSR count). The highest BCUT2D eigenvalue weighted by Crippen LogP contribution is 2.66. The van der Waals surface area contributed by atoms with Gasteiger partial charge in [0, 0.05) is 12.1 Å². The van der Waals surface area contributed by atoms with Gasteiger partial charge in [-0.2, -0.15) is 0 Å². The fourth-order valence-electron chi connectivity index (χ4n) is 7.20. The second-order valence-electron chi connectivity index (χ2n) is 10.3. The molecule has 2 heteroatoms. The predicted octanol–water partition coefficient (Wildman–Crippen LogP) is 4.28. The third-order valence-corrected chi connectivity index (χ3v) is 6.89. The topological polar surface area (TPSA) is 21.3 Å². The van der Waals surface area contributed by atoms with Crippen LogP contribution in [-0.4, -0.2) is 23.8 Å². The van der Waals surface area contributed by atoms with Gasteiger partial charge in [-0.15, -0.1) is 0 Å². The Morgan fingerprint density at radius 1 is 0.952 bits per heavy atom. The number of rotatable bonds is 3. The van der Waals surface area contributed by atoms with Gasteiger partial charge in [-0.1, -0.05) is 13.8 Å². The minimum atomic E-state index is 0.103. The van der Waals surface area contributed by atoms with Crippen LogP contribution in [-0.2, 0) is 4.74 Å². The average Bonchev–Trinajstić information content (AvgIpc) is 2.62. The Labute approximate surface area is 130 Å². The van der Waals surface area contributed by atoms with E-state index in [0.717, 1.165) is 12.5 Å². The Bertz CT molecular complexity index is 425. The largest absolute Gasteiger partial charge is 0.371 e. The lowest BCUT2D eigenvalue weighted by Crippen LogP contribution is -2.64. The maximum absolute atomic E-state index is 6.20. The second-order valence-corrected chi connectivity index (χ2v) is 10.3. The Hall–Kier alpha value is -0.0800. The normalized spacial score (nSPS) is 54.3. The average molecular weight is 291 g/mol. The SMILES string of the molecule is CC12CC3CC(C)(C1)CC(NCC1CCC(C)(C)O1)(C3)C2. The van der Waals surface area contributed by atoms with Crippen LogP contribution in [0.3, 0.4) is 0 Å². The van der Waals surface area contributed by atoms with Gasteiger partial charge in [-0.05, 0) is 82.0 Å². The number of hydrogen-bond acceptors (Lipinski definition) is 2. The zero-order valence-electron chi connectivity index (χ0n) is 14.4. The first-order valence-corrected chi connectivity index (χ1v) is 9.12. The predicted molar refractivity (Wildman–Crippen MR) is 86.3 cm³/mol. The fourth-order valence-corrected chi connectivity index (χ4v) is 7.20. The van der Waals surface area contributed by atoms with Crippen molar-refractivity contribution in [3.63, 3.8) is 0 Å². The van der Waals surface area contributed by atoms with E-state index in [1.54, 1.807) is 0 Å². The van der Waals surface area contributed by atoms with Gasteiger partial charge in [-0.25, -0.2) is 0 Å². The van der Waals surface area contributed by atoms with Crippen LogP contribution in [0.4, 0.5) is 0 Å². The van der Waals surface area contributed by atoms with E-state index in [1.807, 2.05) is 0 Å². The van der Waals surface area contributed by atoms with Gasteiger partial charge < -0.3 is 10.1 Å². The summed E-state index contributed by atoms with van der Waals surface area (Å²) < 4.78 is 6.20. The first kappa shape index (κ1) is 14.5. The van der Waals surface area contributed by atoms with Gasteiger partial charge in [0.2, 0.25) is 0 Å². The minimum Gasteiger partial charge on any atom is -0.371 e. The van der Waals surface area contributed by atoms with E-state index < -0.39 is 0 Å². The van der Waals surface area contributed by atoms with Gasteiger partial charge in [0.1, 0.15) is 0 Å². The molecule has 1 N–H and O–H groups in total. The van der Waals surface area contributed by atoms with Crippen molar-refractivity contribution in [1.82, 2.24) is 5.32 Å². The molecular formula is C19H33NO. The van der Waals surface area contributed by atoms with Crippen molar-refractivity contribution in [2.24, 2.45) is 16.7 Å². The van der Waals surface area contributed by atoms with Gasteiger partial charge in [0.05, 0.1) is 11.7 Å². The third kappa shape index (κ3) is 2.57. The zero-order chi connectivity index (χ0) is 14.9. The van der Waals surface area contributed by atoms with E-state index >= 15 is 0 Å². The van der Waals surface area contributed by atoms with Crippen molar-refractivity contribution < 1.29 is 4.74 Å². The molecule has 3 unspecified atom stereocenters. The summed E-state index contributed by atoms with van der Waals surface area (Å²) in [7, 11) is 0. The smallest absolute Gasteiger partial charge is 0.0708 e. The van der Waals surface area contributed by atoms with E-state index in [-0.39, 0.29) is 5.60 Å². The molecule has 2 nitrogen and oxygen atoms in total. The van der Waals surface area contributed by atoms with Gasteiger partial charge in [-0.3, -0.25) is 0 Å². The van der Waals surface area contributed by atoms with Crippen molar-refractivity contribution in [2.45, 2.75) is 96.3 Å². The molecule has 1 aliphatic heterocycles. The molecule has 1 saturated heterocycles. The van der Waals surface area contributed by atoms with E-state index in [4.69, 9.17) is 4.74 Å². The summed E-state index contributed by atoms with van der Waals surface area (Å²) in [6.07, 6.45) is 11.6. The van der Waals surface area contributed by atoms with Crippen molar-refractivity contribution >= 4 is 0 Å². The van der Waals surface area contributed by atoms with Crippen LogP contribution < -0.4 is 5.32 Å². The summed E-state index contributed by atoms with van der Waals surface area (Å²) in [5.74, 6) is 0.977. The second kappa shape index (κ2) is 4.26. The van der Waals surface area contributed by atoms with Crippen molar-refractivity contribution in [3.8, 4) is 0 Å².